The number of likely N-dealkylation sites (N-methyl/N-ethyl adjacent to an activating group) is 1. The predicted octanol–water partition coefficient (Wildman–Crippen LogP) is 3.56. The molecule has 4 rings (SSSR count). The van der Waals surface area contributed by atoms with Crippen molar-refractivity contribution in [1.29, 1.82) is 0 Å². The number of aliphatic carboxylic acids is 1. The summed E-state index contributed by atoms with van der Waals surface area (Å²) in [5.41, 5.74) is 5.31. The number of fused-ring (bicyclic) bond motifs is 1. The van der Waals surface area contributed by atoms with Gasteiger partial charge in [-0.2, -0.15) is 0 Å². The maximum absolute atomic E-state index is 13.2. The molecule has 3 aromatic rings. The molecule has 1 aliphatic rings. The lowest BCUT2D eigenvalue weighted by Crippen LogP contribution is -2.47. The first-order valence-electron chi connectivity index (χ1n) is 10.7. The molecule has 0 bridgehead atoms. The monoisotopic (exact) mass is 429 g/mol. The van der Waals surface area contributed by atoms with Gasteiger partial charge in [-0.15, -0.1) is 0 Å². The molecule has 3 aromatic carbocycles. The van der Waals surface area contributed by atoms with Crippen molar-refractivity contribution in [2.45, 2.75) is 19.5 Å². The van der Waals surface area contributed by atoms with E-state index in [0.29, 0.717) is 19.5 Å². The third-order valence-corrected chi connectivity index (χ3v) is 5.83. The normalized spacial score (nSPS) is 12.9. The average molecular weight is 430 g/mol. The lowest BCUT2D eigenvalue weighted by Gasteiger charge is -2.31. The Morgan fingerprint density at radius 2 is 1.44 bits per heavy atom. The second kappa shape index (κ2) is 9.66. The van der Waals surface area contributed by atoms with Crippen molar-refractivity contribution >= 4 is 17.6 Å². The van der Waals surface area contributed by atoms with Crippen LogP contribution in [0.15, 0.2) is 78.9 Å². The van der Waals surface area contributed by atoms with Crippen LogP contribution in [0.3, 0.4) is 0 Å². The molecule has 6 heteroatoms. The van der Waals surface area contributed by atoms with E-state index in [1.807, 2.05) is 71.7 Å². The summed E-state index contributed by atoms with van der Waals surface area (Å²) >= 11 is 0. The number of para-hydroxylation sites is 1. The number of hydrazine groups is 1. The van der Waals surface area contributed by atoms with Crippen LogP contribution in [-0.4, -0.2) is 47.1 Å². The lowest BCUT2D eigenvalue weighted by atomic mass is 10.0. The number of rotatable bonds is 8. The van der Waals surface area contributed by atoms with Gasteiger partial charge in [0, 0.05) is 25.8 Å². The molecule has 0 spiro atoms. The Kier molecular flexibility index (Phi) is 6.52. The zero-order chi connectivity index (χ0) is 22.5. The number of carbonyl (C=O) groups excluding carboxylic acids is 1. The van der Waals surface area contributed by atoms with Crippen molar-refractivity contribution in [2.75, 3.05) is 25.0 Å². The molecule has 32 heavy (non-hydrogen) atoms. The molecule has 0 radical (unpaired) electrons. The summed E-state index contributed by atoms with van der Waals surface area (Å²) in [6, 6.07) is 25.9. The van der Waals surface area contributed by atoms with Crippen molar-refractivity contribution in [2.24, 2.45) is 0 Å². The molecule has 0 unspecified atom stereocenters. The maximum atomic E-state index is 13.2. The first kappa shape index (κ1) is 21.6. The highest BCUT2D eigenvalue weighted by Crippen LogP contribution is 2.25. The van der Waals surface area contributed by atoms with E-state index in [2.05, 4.69) is 12.1 Å². The smallest absolute Gasteiger partial charge is 0.323 e. The van der Waals surface area contributed by atoms with E-state index in [0.717, 1.165) is 16.8 Å². The summed E-state index contributed by atoms with van der Waals surface area (Å²) in [6.45, 7) is 1.08. The molecule has 1 heterocycles. The number of hydrogen-bond acceptors (Lipinski definition) is 4. The van der Waals surface area contributed by atoms with Gasteiger partial charge in [-0.25, -0.2) is 5.01 Å². The summed E-state index contributed by atoms with van der Waals surface area (Å²) in [4.78, 5) is 26.5. The van der Waals surface area contributed by atoms with Gasteiger partial charge in [-0.05, 0) is 34.7 Å². The summed E-state index contributed by atoms with van der Waals surface area (Å²) in [7, 11) is 1.75. The Hall–Kier alpha value is -3.64. The predicted molar refractivity (Wildman–Crippen MR) is 124 cm³/mol. The van der Waals surface area contributed by atoms with E-state index >= 15 is 0 Å². The second-order valence-electron chi connectivity index (χ2n) is 8.05. The van der Waals surface area contributed by atoms with Crippen LogP contribution in [0.25, 0.3) is 0 Å². The van der Waals surface area contributed by atoms with Gasteiger partial charge in [0.2, 0.25) is 0 Å². The van der Waals surface area contributed by atoms with Crippen molar-refractivity contribution < 1.29 is 14.7 Å². The second-order valence-corrected chi connectivity index (χ2v) is 8.05. The van der Waals surface area contributed by atoms with E-state index in [-0.39, 0.29) is 19.0 Å². The number of hydrogen-bond donors (Lipinski definition) is 1. The zero-order valence-electron chi connectivity index (χ0n) is 18.1. The molecule has 6 nitrogen and oxygen atoms in total. The van der Waals surface area contributed by atoms with Crippen molar-refractivity contribution in [1.82, 2.24) is 10.0 Å². The van der Waals surface area contributed by atoms with Crippen LogP contribution in [0.5, 0.6) is 0 Å². The zero-order valence-corrected chi connectivity index (χ0v) is 18.1. The van der Waals surface area contributed by atoms with Crippen LogP contribution < -0.4 is 4.90 Å². The van der Waals surface area contributed by atoms with E-state index in [4.69, 9.17) is 0 Å². The van der Waals surface area contributed by atoms with Crippen LogP contribution in [0.4, 0.5) is 5.69 Å². The van der Waals surface area contributed by atoms with Gasteiger partial charge in [-0.3, -0.25) is 14.6 Å². The standard InChI is InChI=1S/C26H27N3O3/c1-27(29-16-22-12-5-6-13-23(22)17-29)25(30)18-28(19-26(31)32)24-14-8-7-11-21(24)15-20-9-3-2-4-10-20/h2-14H,15-19H2,1H3,(H,31,32). The minimum Gasteiger partial charge on any atom is -0.480 e. The van der Waals surface area contributed by atoms with E-state index in [9.17, 15) is 14.7 Å². The quantitative estimate of drug-likeness (QED) is 0.593. The van der Waals surface area contributed by atoms with Crippen LogP contribution in [0.1, 0.15) is 22.3 Å². The van der Waals surface area contributed by atoms with Crippen LogP contribution in [0, 0.1) is 0 Å². The summed E-state index contributed by atoms with van der Waals surface area (Å²) in [5.74, 6) is -1.11. The molecule has 0 aliphatic carbocycles. The SMILES string of the molecule is CN(C(=O)CN(CC(=O)O)c1ccccc1Cc1ccccc1)N1Cc2ccccc2C1. The fourth-order valence-corrected chi connectivity index (χ4v) is 4.12. The van der Waals surface area contributed by atoms with Crippen molar-refractivity contribution in [3.05, 3.63) is 101 Å². The molecule has 1 N–H and O–H groups in total. The molecule has 164 valence electrons. The molecule has 0 saturated carbocycles. The highest BCUT2D eigenvalue weighted by molar-refractivity contribution is 5.84. The number of nitrogens with zero attached hydrogens (tertiary/aromatic N) is 3. The van der Waals surface area contributed by atoms with Gasteiger partial charge in [0.15, 0.2) is 0 Å². The fraction of sp³-hybridized carbons (Fsp3) is 0.231. The van der Waals surface area contributed by atoms with Gasteiger partial charge >= 0.3 is 5.97 Å². The highest BCUT2D eigenvalue weighted by atomic mass is 16.4. The fourth-order valence-electron chi connectivity index (χ4n) is 4.12. The molecule has 0 fully saturated rings. The third-order valence-electron chi connectivity index (χ3n) is 5.83. The van der Waals surface area contributed by atoms with Crippen LogP contribution in [0.2, 0.25) is 0 Å². The number of amides is 1. The van der Waals surface area contributed by atoms with Gasteiger partial charge < -0.3 is 10.0 Å². The molecule has 1 amide bonds. The number of carboxylic acids is 1. The van der Waals surface area contributed by atoms with Gasteiger partial charge in [0.1, 0.15) is 6.54 Å². The van der Waals surface area contributed by atoms with Crippen LogP contribution in [-0.2, 0) is 29.1 Å². The van der Waals surface area contributed by atoms with E-state index in [1.165, 1.54) is 11.1 Å². The molecule has 0 saturated heterocycles. The molecule has 1 aliphatic heterocycles. The Bertz CT molecular complexity index is 1080. The minimum absolute atomic E-state index is 0.0125. The first-order valence-corrected chi connectivity index (χ1v) is 10.7. The molecule has 0 atom stereocenters. The number of carbonyl (C=O) groups is 2. The Morgan fingerprint density at radius 3 is 2.09 bits per heavy atom. The first-order chi connectivity index (χ1) is 15.5. The summed E-state index contributed by atoms with van der Waals surface area (Å²) in [5, 5.41) is 13.1. The minimum atomic E-state index is -0.969. The average Bonchev–Trinajstić information content (AvgIpc) is 3.23. The third kappa shape index (κ3) is 4.98. The number of benzene rings is 3. The highest BCUT2D eigenvalue weighted by Gasteiger charge is 2.27. The van der Waals surface area contributed by atoms with Crippen molar-refractivity contribution in [3.63, 3.8) is 0 Å². The van der Waals surface area contributed by atoms with Gasteiger partial charge in [0.25, 0.3) is 5.91 Å². The largest absolute Gasteiger partial charge is 0.480 e. The summed E-state index contributed by atoms with van der Waals surface area (Å²) in [6.07, 6.45) is 0.665. The van der Waals surface area contributed by atoms with E-state index < -0.39 is 5.97 Å². The number of carboxylic acid groups (broad SMARTS) is 1. The van der Waals surface area contributed by atoms with Gasteiger partial charge in [0.05, 0.1) is 6.54 Å². The molecule has 0 aromatic heterocycles. The number of anilines is 1. The Morgan fingerprint density at radius 1 is 0.844 bits per heavy atom. The summed E-state index contributed by atoms with van der Waals surface area (Å²) < 4.78 is 0. The van der Waals surface area contributed by atoms with Crippen LogP contribution >= 0.6 is 0 Å². The lowest BCUT2D eigenvalue weighted by molar-refractivity contribution is -0.145. The Balaban J connectivity index is 1.52. The molecular formula is C26H27N3O3. The van der Waals surface area contributed by atoms with E-state index in [1.54, 1.807) is 17.0 Å². The topological polar surface area (TPSA) is 64.1 Å². The van der Waals surface area contributed by atoms with Gasteiger partial charge in [-0.1, -0.05) is 72.8 Å². The Labute approximate surface area is 188 Å². The maximum Gasteiger partial charge on any atom is 0.323 e. The molecular weight excluding hydrogens is 402 g/mol. The van der Waals surface area contributed by atoms with Crippen molar-refractivity contribution in [3.8, 4) is 0 Å².